The second kappa shape index (κ2) is 8.36. The summed E-state index contributed by atoms with van der Waals surface area (Å²) in [5.74, 6) is 6.96. The van der Waals surface area contributed by atoms with Gasteiger partial charge in [-0.15, -0.1) is 0 Å². The van der Waals surface area contributed by atoms with E-state index in [9.17, 15) is 0 Å². The van der Waals surface area contributed by atoms with Gasteiger partial charge in [-0.05, 0) is 173 Å². The van der Waals surface area contributed by atoms with Gasteiger partial charge in [-0.25, -0.2) is 0 Å². The Morgan fingerprint density at radius 3 is 1.58 bits per heavy atom. The van der Waals surface area contributed by atoms with Crippen LogP contribution in [0.5, 0.6) is 0 Å². The fourth-order valence-corrected chi connectivity index (χ4v) is 18.3. The monoisotopic (exact) mass is 682 g/mol. The van der Waals surface area contributed by atoms with E-state index in [1.165, 1.54) is 86.0 Å². The van der Waals surface area contributed by atoms with Gasteiger partial charge in [0, 0.05) is 33.6 Å². The Hall–Kier alpha value is -4.24. The van der Waals surface area contributed by atoms with Crippen LogP contribution in [0.4, 0.5) is 34.1 Å². The first-order valence-electron chi connectivity index (χ1n) is 21.4. The minimum atomic E-state index is 0.129. The van der Waals surface area contributed by atoms with Crippen LogP contribution >= 0.6 is 0 Å². The van der Waals surface area contributed by atoms with Gasteiger partial charge in [0.25, 0.3) is 6.71 Å². The normalized spacial score (nSPS) is 40.3. The lowest BCUT2D eigenvalue weighted by atomic mass is 9.25. The highest BCUT2D eigenvalue weighted by Gasteiger charge is 2.84. The maximum Gasteiger partial charge on any atom is 0.252 e. The lowest BCUT2D eigenvalue weighted by molar-refractivity contribution is -0.233. The minimum absolute atomic E-state index is 0.129. The Kier molecular flexibility index (Phi) is 4.32. The molecule has 2 nitrogen and oxygen atoms in total. The fourth-order valence-electron chi connectivity index (χ4n) is 18.3. The molecule has 3 spiro atoms. The van der Waals surface area contributed by atoms with Crippen LogP contribution in [0.15, 0.2) is 103 Å². The second-order valence-electron chi connectivity index (χ2n) is 20.1. The molecule has 8 aliphatic carbocycles. The van der Waals surface area contributed by atoms with Crippen LogP contribution in [0.1, 0.15) is 80.0 Å². The number of para-hydroxylation sites is 4. The number of benzene rings is 5. The van der Waals surface area contributed by atoms with Crippen molar-refractivity contribution in [1.82, 2.24) is 0 Å². The summed E-state index contributed by atoms with van der Waals surface area (Å²) in [4.78, 5) is 5.52. The highest BCUT2D eigenvalue weighted by Crippen LogP contribution is 2.89. The lowest BCUT2D eigenvalue weighted by Crippen LogP contribution is -2.75. The molecule has 0 aromatic heterocycles. The van der Waals surface area contributed by atoms with Crippen molar-refractivity contribution in [1.29, 1.82) is 0 Å². The van der Waals surface area contributed by atoms with Crippen molar-refractivity contribution in [2.24, 2.45) is 52.8 Å². The molecule has 4 heterocycles. The van der Waals surface area contributed by atoms with Gasteiger partial charge >= 0.3 is 0 Å². The van der Waals surface area contributed by atoms with Gasteiger partial charge in [0.05, 0.1) is 11.4 Å². The van der Waals surface area contributed by atoms with Crippen molar-refractivity contribution >= 4 is 57.2 Å². The van der Waals surface area contributed by atoms with Gasteiger partial charge in [0.2, 0.25) is 0 Å². The Morgan fingerprint density at radius 2 is 0.943 bits per heavy atom. The maximum absolute atomic E-state index is 2.76. The van der Waals surface area contributed by atoms with E-state index < -0.39 is 0 Å². The standard InChI is InChI=1S/C50H43BN2/c1-3-14-39-33(8-1)49(31-19-27-18-28(21-31)22-32(49)20-27)35-10-5-12-37-46(35)52(39)41-16-7-17-42-45(41)51(37)38-13-6-11-36-47(38)53(42)40-15-4-2-9-34(40)50(36)43-24-29-23-30-25-44(50)48(30,43)26-29/h1-17,27-32,43-44H,18-26H2. The smallest absolute Gasteiger partial charge is 0.252 e. The van der Waals surface area contributed by atoms with Crippen LogP contribution < -0.4 is 26.2 Å². The van der Waals surface area contributed by atoms with Crippen LogP contribution in [-0.4, -0.2) is 6.71 Å². The van der Waals surface area contributed by atoms with E-state index in [4.69, 9.17) is 0 Å². The van der Waals surface area contributed by atoms with Gasteiger partial charge in [-0.3, -0.25) is 0 Å². The molecule has 17 rings (SSSR count). The van der Waals surface area contributed by atoms with Crippen LogP contribution in [0.25, 0.3) is 0 Å². The molecular formula is C50H43BN2. The third-order valence-electron chi connectivity index (χ3n) is 19.0. The molecule has 53 heavy (non-hydrogen) atoms. The largest absolute Gasteiger partial charge is 0.311 e. The molecule has 4 aliphatic heterocycles. The van der Waals surface area contributed by atoms with Gasteiger partial charge in [0.1, 0.15) is 0 Å². The SMILES string of the molecule is c1ccc2c(c1)N1c3cccc4c3B(c3cccc(c31)C21C2CC3CC(C2)CC1C3)c1cccc2c1N4c1ccccc1C21C2CC3CC4CC1C42C3. The molecule has 0 saturated heterocycles. The lowest BCUT2D eigenvalue weighted by Gasteiger charge is -2.78. The van der Waals surface area contributed by atoms with E-state index in [0.29, 0.717) is 5.41 Å². The summed E-state index contributed by atoms with van der Waals surface area (Å²) in [7, 11) is 0. The van der Waals surface area contributed by atoms with Crippen LogP contribution in [0.3, 0.4) is 0 Å². The summed E-state index contributed by atoms with van der Waals surface area (Å²) < 4.78 is 0. The first kappa shape index (κ1) is 27.4. The van der Waals surface area contributed by atoms with E-state index in [1.807, 2.05) is 0 Å². The van der Waals surface area contributed by atoms with E-state index in [2.05, 4.69) is 113 Å². The maximum atomic E-state index is 2.76. The van der Waals surface area contributed by atoms with Crippen molar-refractivity contribution in [3.05, 3.63) is 125 Å². The van der Waals surface area contributed by atoms with Crippen molar-refractivity contribution in [2.75, 3.05) is 9.80 Å². The molecule has 8 fully saturated rings. The second-order valence-corrected chi connectivity index (χ2v) is 20.1. The molecule has 8 saturated carbocycles. The predicted molar refractivity (Wildman–Crippen MR) is 214 cm³/mol. The molecule has 0 amide bonds. The van der Waals surface area contributed by atoms with Crippen LogP contribution in [0.2, 0.25) is 0 Å². The van der Waals surface area contributed by atoms with E-state index >= 15 is 0 Å². The quantitative estimate of drug-likeness (QED) is 0.147. The van der Waals surface area contributed by atoms with E-state index in [1.54, 1.807) is 44.6 Å². The number of hydrogen-bond acceptors (Lipinski definition) is 2. The Bertz CT molecular complexity index is 2560. The molecule has 0 radical (unpaired) electrons. The van der Waals surface area contributed by atoms with Gasteiger partial charge < -0.3 is 9.80 Å². The number of fused-ring (bicyclic) bond motifs is 13. The van der Waals surface area contributed by atoms with Crippen LogP contribution in [0, 0.1) is 52.8 Å². The number of nitrogens with zero attached hydrogens (tertiary/aromatic N) is 2. The highest BCUT2D eigenvalue weighted by atomic mass is 15.2. The molecule has 5 aromatic rings. The minimum Gasteiger partial charge on any atom is -0.311 e. The van der Waals surface area contributed by atoms with Crippen molar-refractivity contribution in [3.8, 4) is 0 Å². The van der Waals surface area contributed by atoms with Crippen molar-refractivity contribution < 1.29 is 0 Å². The molecule has 5 aromatic carbocycles. The van der Waals surface area contributed by atoms with Gasteiger partial charge in [-0.1, -0.05) is 78.9 Å². The molecule has 12 aliphatic rings. The molecule has 6 bridgehead atoms. The van der Waals surface area contributed by atoms with E-state index in [0.717, 1.165) is 47.3 Å². The van der Waals surface area contributed by atoms with Crippen molar-refractivity contribution in [2.45, 2.75) is 68.6 Å². The third kappa shape index (κ3) is 2.53. The summed E-state index contributed by atoms with van der Waals surface area (Å²) in [6.07, 6.45) is 13.1. The molecule has 6 unspecified atom stereocenters. The fraction of sp³-hybridized carbons (Fsp3) is 0.400. The third-order valence-corrected chi connectivity index (χ3v) is 19.0. The first-order chi connectivity index (χ1) is 26.2. The average Bonchev–Trinajstić information content (AvgIpc) is 3.72. The summed E-state index contributed by atoms with van der Waals surface area (Å²) in [5.41, 5.74) is 21.0. The Morgan fingerprint density at radius 1 is 0.434 bits per heavy atom. The molecule has 3 heteroatoms. The van der Waals surface area contributed by atoms with Gasteiger partial charge in [-0.2, -0.15) is 0 Å². The Balaban J connectivity index is 1.000. The average molecular weight is 683 g/mol. The number of hydrogen-bond donors (Lipinski definition) is 0. The zero-order chi connectivity index (χ0) is 33.7. The zero-order valence-electron chi connectivity index (χ0n) is 30.3. The summed E-state index contributed by atoms with van der Waals surface area (Å²) >= 11 is 0. The Labute approximate surface area is 312 Å². The topological polar surface area (TPSA) is 6.48 Å². The molecular weight excluding hydrogens is 639 g/mol. The number of rotatable bonds is 0. The summed E-state index contributed by atoms with van der Waals surface area (Å²) in [6, 6.07) is 42.1. The predicted octanol–water partition coefficient (Wildman–Crippen LogP) is 9.49. The molecule has 6 atom stereocenters. The zero-order valence-corrected chi connectivity index (χ0v) is 30.3. The van der Waals surface area contributed by atoms with Crippen LogP contribution in [-0.2, 0) is 10.8 Å². The number of anilines is 6. The van der Waals surface area contributed by atoms with E-state index in [-0.39, 0.29) is 17.5 Å². The summed E-state index contributed by atoms with van der Waals surface area (Å²) in [6.45, 7) is 0.239. The van der Waals surface area contributed by atoms with Crippen molar-refractivity contribution in [3.63, 3.8) is 0 Å². The highest BCUT2D eigenvalue weighted by molar-refractivity contribution is 7.00. The molecule has 256 valence electrons. The summed E-state index contributed by atoms with van der Waals surface area (Å²) in [5, 5.41) is 0. The van der Waals surface area contributed by atoms with Gasteiger partial charge in [0.15, 0.2) is 0 Å². The molecule has 0 N–H and O–H groups in total. The first-order valence-corrected chi connectivity index (χ1v) is 21.4.